The monoisotopic (exact) mass is 268 g/mol. The Morgan fingerprint density at radius 2 is 1.95 bits per heavy atom. The Morgan fingerprint density at radius 3 is 2.90 bits per heavy atom. The summed E-state index contributed by atoms with van der Waals surface area (Å²) < 4.78 is 0. The van der Waals surface area contributed by atoms with E-state index in [0.717, 1.165) is 24.8 Å². The van der Waals surface area contributed by atoms with Crippen LogP contribution in [0.3, 0.4) is 0 Å². The van der Waals surface area contributed by atoms with Gasteiger partial charge in [-0.15, -0.1) is 0 Å². The molecule has 1 aromatic rings. The summed E-state index contributed by atoms with van der Waals surface area (Å²) in [6.45, 7) is 0. The molecular weight excluding hydrogens is 244 g/mol. The van der Waals surface area contributed by atoms with E-state index >= 15 is 0 Å². The molecule has 0 fully saturated rings. The van der Waals surface area contributed by atoms with Crippen molar-refractivity contribution in [3.05, 3.63) is 47.0 Å². The summed E-state index contributed by atoms with van der Waals surface area (Å²) in [5.74, 6) is 0.866. The zero-order valence-corrected chi connectivity index (χ0v) is 12.2. The van der Waals surface area contributed by atoms with E-state index < -0.39 is 0 Å². The first-order chi connectivity index (χ1) is 9.84. The average molecular weight is 268 g/mol. The molecule has 0 radical (unpaired) electrons. The molecule has 106 valence electrons. The van der Waals surface area contributed by atoms with Gasteiger partial charge in [0, 0.05) is 6.42 Å². The Balaban J connectivity index is 1.72. The smallest absolute Gasteiger partial charge is 0.159 e. The number of fused-ring (bicyclic) bond motifs is 1. The van der Waals surface area contributed by atoms with Gasteiger partial charge in [-0.1, -0.05) is 36.8 Å². The Labute approximate surface area is 122 Å². The van der Waals surface area contributed by atoms with Gasteiger partial charge in [-0.05, 0) is 67.6 Å². The highest BCUT2D eigenvalue weighted by atomic mass is 16.1. The molecule has 0 amide bonds. The number of ketones is 1. The van der Waals surface area contributed by atoms with E-state index in [2.05, 4.69) is 30.3 Å². The Bertz CT molecular complexity index is 512. The molecule has 0 aliphatic heterocycles. The fourth-order valence-corrected chi connectivity index (χ4v) is 3.69. The first-order valence-electron chi connectivity index (χ1n) is 8.14. The molecule has 0 spiro atoms. The SMILES string of the molecule is O=C(CC1CCCc2ccccc21)C1=CCCCCC1. The highest BCUT2D eigenvalue weighted by molar-refractivity contribution is 5.95. The number of carbonyl (C=O) groups is 1. The second-order valence-corrected chi connectivity index (χ2v) is 6.24. The van der Waals surface area contributed by atoms with E-state index in [4.69, 9.17) is 0 Å². The number of carbonyl (C=O) groups excluding carboxylic acids is 1. The second-order valence-electron chi connectivity index (χ2n) is 6.24. The van der Waals surface area contributed by atoms with Gasteiger partial charge in [-0.25, -0.2) is 0 Å². The molecule has 0 saturated heterocycles. The molecule has 1 nitrogen and oxygen atoms in total. The molecule has 0 saturated carbocycles. The fourth-order valence-electron chi connectivity index (χ4n) is 3.69. The highest BCUT2D eigenvalue weighted by Crippen LogP contribution is 2.35. The van der Waals surface area contributed by atoms with E-state index in [1.54, 1.807) is 0 Å². The van der Waals surface area contributed by atoms with Gasteiger partial charge < -0.3 is 0 Å². The molecule has 0 aromatic heterocycles. The summed E-state index contributed by atoms with van der Waals surface area (Å²) in [7, 11) is 0. The number of hydrogen-bond acceptors (Lipinski definition) is 1. The van der Waals surface area contributed by atoms with Crippen molar-refractivity contribution in [2.24, 2.45) is 0 Å². The molecule has 20 heavy (non-hydrogen) atoms. The number of allylic oxidation sites excluding steroid dienone is 2. The molecule has 3 rings (SSSR count). The summed E-state index contributed by atoms with van der Waals surface area (Å²) in [6.07, 6.45) is 12.4. The second kappa shape index (κ2) is 6.39. The summed E-state index contributed by atoms with van der Waals surface area (Å²) in [5, 5.41) is 0. The average Bonchev–Trinajstić information content (AvgIpc) is 2.77. The van der Waals surface area contributed by atoms with E-state index in [0.29, 0.717) is 11.7 Å². The van der Waals surface area contributed by atoms with Gasteiger partial charge in [-0.2, -0.15) is 0 Å². The quantitative estimate of drug-likeness (QED) is 0.757. The number of rotatable bonds is 3. The van der Waals surface area contributed by atoms with E-state index in [9.17, 15) is 4.79 Å². The van der Waals surface area contributed by atoms with Crippen LogP contribution in [-0.4, -0.2) is 5.78 Å². The van der Waals surface area contributed by atoms with Gasteiger partial charge in [0.25, 0.3) is 0 Å². The van der Waals surface area contributed by atoms with Crippen LogP contribution in [0.5, 0.6) is 0 Å². The molecule has 2 aliphatic rings. The van der Waals surface area contributed by atoms with Crippen molar-refractivity contribution >= 4 is 5.78 Å². The first kappa shape index (κ1) is 13.6. The van der Waals surface area contributed by atoms with E-state index in [1.165, 1.54) is 49.7 Å². The summed E-state index contributed by atoms with van der Waals surface area (Å²) in [6, 6.07) is 8.70. The fraction of sp³-hybridized carbons (Fsp3) is 0.526. The van der Waals surface area contributed by atoms with Crippen molar-refractivity contribution in [3.63, 3.8) is 0 Å². The van der Waals surface area contributed by atoms with Gasteiger partial charge in [-0.3, -0.25) is 4.79 Å². The molecular formula is C19H24O. The molecule has 2 aliphatic carbocycles. The van der Waals surface area contributed by atoms with Crippen molar-refractivity contribution in [3.8, 4) is 0 Å². The van der Waals surface area contributed by atoms with Crippen molar-refractivity contribution < 1.29 is 4.79 Å². The lowest BCUT2D eigenvalue weighted by atomic mass is 9.79. The van der Waals surface area contributed by atoms with Gasteiger partial charge in [0.1, 0.15) is 0 Å². The lowest BCUT2D eigenvalue weighted by molar-refractivity contribution is -0.116. The predicted molar refractivity (Wildman–Crippen MR) is 82.9 cm³/mol. The minimum atomic E-state index is 0.411. The maximum atomic E-state index is 12.6. The molecule has 0 bridgehead atoms. The first-order valence-corrected chi connectivity index (χ1v) is 8.14. The highest BCUT2D eigenvalue weighted by Gasteiger charge is 2.23. The molecule has 0 heterocycles. The maximum Gasteiger partial charge on any atom is 0.159 e. The van der Waals surface area contributed by atoms with Crippen LogP contribution < -0.4 is 0 Å². The lowest BCUT2D eigenvalue weighted by Gasteiger charge is -2.25. The van der Waals surface area contributed by atoms with Crippen LogP contribution in [0.15, 0.2) is 35.9 Å². The van der Waals surface area contributed by atoms with Crippen LogP contribution in [0.4, 0.5) is 0 Å². The van der Waals surface area contributed by atoms with Crippen LogP contribution in [-0.2, 0) is 11.2 Å². The van der Waals surface area contributed by atoms with E-state index in [1.807, 2.05) is 0 Å². The summed E-state index contributed by atoms with van der Waals surface area (Å²) in [5.41, 5.74) is 4.01. The Morgan fingerprint density at radius 1 is 1.05 bits per heavy atom. The third kappa shape index (κ3) is 3.03. The van der Waals surface area contributed by atoms with Crippen molar-refractivity contribution in [1.82, 2.24) is 0 Å². The third-order valence-electron chi connectivity index (χ3n) is 4.82. The lowest BCUT2D eigenvalue weighted by Crippen LogP contribution is -2.15. The number of Topliss-reactive ketones (excluding diaryl/α,β-unsaturated/α-hetero) is 1. The Hall–Kier alpha value is -1.37. The van der Waals surface area contributed by atoms with Gasteiger partial charge in [0.2, 0.25) is 0 Å². The molecule has 1 aromatic carbocycles. The topological polar surface area (TPSA) is 17.1 Å². The van der Waals surface area contributed by atoms with Crippen LogP contribution in [0.25, 0.3) is 0 Å². The molecule has 0 N–H and O–H groups in total. The largest absolute Gasteiger partial charge is 0.295 e. The molecule has 1 unspecified atom stereocenters. The van der Waals surface area contributed by atoms with Crippen LogP contribution in [0.1, 0.15) is 68.4 Å². The zero-order chi connectivity index (χ0) is 13.8. The standard InChI is InChI=1S/C19H24O/c20-19(16-9-3-1-2-4-10-16)14-17-12-7-11-15-8-5-6-13-18(15)17/h5-6,8-9,13,17H,1-4,7,10-12,14H2. The number of aryl methyl sites for hydroxylation is 1. The van der Waals surface area contributed by atoms with Crippen molar-refractivity contribution in [2.45, 2.75) is 63.7 Å². The number of benzene rings is 1. The van der Waals surface area contributed by atoms with Crippen LogP contribution in [0, 0.1) is 0 Å². The molecule has 1 heteroatoms. The summed E-state index contributed by atoms with van der Waals surface area (Å²) >= 11 is 0. The van der Waals surface area contributed by atoms with Gasteiger partial charge in [0.05, 0.1) is 0 Å². The summed E-state index contributed by atoms with van der Waals surface area (Å²) in [4.78, 5) is 12.6. The van der Waals surface area contributed by atoms with Crippen LogP contribution in [0.2, 0.25) is 0 Å². The normalized spacial score (nSPS) is 22.6. The van der Waals surface area contributed by atoms with Crippen molar-refractivity contribution in [2.75, 3.05) is 0 Å². The number of hydrogen-bond donors (Lipinski definition) is 0. The van der Waals surface area contributed by atoms with Crippen molar-refractivity contribution in [1.29, 1.82) is 0 Å². The minimum absolute atomic E-state index is 0.411. The van der Waals surface area contributed by atoms with Gasteiger partial charge in [0.15, 0.2) is 5.78 Å². The minimum Gasteiger partial charge on any atom is -0.295 e. The van der Waals surface area contributed by atoms with Gasteiger partial charge >= 0.3 is 0 Å². The zero-order valence-electron chi connectivity index (χ0n) is 12.2. The predicted octanol–water partition coefficient (Wildman–Crippen LogP) is 4.96. The third-order valence-corrected chi connectivity index (χ3v) is 4.82. The molecule has 1 atom stereocenters. The Kier molecular flexibility index (Phi) is 4.34. The van der Waals surface area contributed by atoms with E-state index in [-0.39, 0.29) is 0 Å². The maximum absolute atomic E-state index is 12.6. The van der Waals surface area contributed by atoms with Crippen LogP contribution >= 0.6 is 0 Å².